The minimum Gasteiger partial charge on any atom is -0.354 e. The second-order valence-corrected chi connectivity index (χ2v) is 4.31. The number of pyridine rings is 1. The molecule has 2 aromatic heterocycles. The molecule has 2 heterocycles. The first-order valence-electron chi connectivity index (χ1n) is 6.22. The third-order valence-corrected chi connectivity index (χ3v) is 2.85. The lowest BCUT2D eigenvalue weighted by atomic mass is 10.1. The van der Waals surface area contributed by atoms with E-state index in [1.807, 2.05) is 13.8 Å². The summed E-state index contributed by atoms with van der Waals surface area (Å²) in [4.78, 5) is 23.2. The van der Waals surface area contributed by atoms with E-state index in [2.05, 4.69) is 20.3 Å². The van der Waals surface area contributed by atoms with Crippen molar-refractivity contribution >= 4 is 11.6 Å². The Hall–Kier alpha value is -2.57. The first-order valence-corrected chi connectivity index (χ1v) is 6.22. The highest BCUT2D eigenvalue weighted by Gasteiger charge is 2.24. The molecule has 2 aromatic rings. The summed E-state index contributed by atoms with van der Waals surface area (Å²) in [6, 6.07) is 1.72. The predicted octanol–water partition coefficient (Wildman–Crippen LogP) is 2.50. The van der Waals surface area contributed by atoms with Crippen LogP contribution in [-0.4, -0.2) is 26.4 Å². The van der Waals surface area contributed by atoms with E-state index in [1.165, 1.54) is 0 Å². The van der Waals surface area contributed by atoms with Gasteiger partial charge < -0.3 is 5.32 Å². The summed E-state index contributed by atoms with van der Waals surface area (Å²) < 4.78 is 0. The largest absolute Gasteiger partial charge is 0.354 e. The highest BCUT2D eigenvalue weighted by Crippen LogP contribution is 2.32. The van der Waals surface area contributed by atoms with Crippen molar-refractivity contribution < 1.29 is 4.92 Å². The van der Waals surface area contributed by atoms with E-state index in [1.54, 1.807) is 25.4 Å². The molecule has 0 fully saturated rings. The Morgan fingerprint density at radius 1 is 1.35 bits per heavy atom. The molecule has 0 spiro atoms. The molecule has 0 atom stereocenters. The summed E-state index contributed by atoms with van der Waals surface area (Å²) >= 11 is 0. The second-order valence-electron chi connectivity index (χ2n) is 4.31. The summed E-state index contributed by atoms with van der Waals surface area (Å²) in [5.74, 6) is 0.391. The molecule has 0 aliphatic heterocycles. The fourth-order valence-corrected chi connectivity index (χ4v) is 1.95. The maximum Gasteiger partial charge on any atom is 0.316 e. The maximum absolute atomic E-state index is 11.3. The summed E-state index contributed by atoms with van der Waals surface area (Å²) in [5, 5.41) is 14.3. The molecule has 0 saturated heterocycles. The zero-order chi connectivity index (χ0) is 14.7. The average Bonchev–Trinajstić information content (AvgIpc) is 2.38. The molecule has 0 bridgehead atoms. The number of nitrogens with one attached hydrogen (secondary N) is 1. The molecule has 0 aliphatic carbocycles. The van der Waals surface area contributed by atoms with Gasteiger partial charge in [-0.2, -0.15) is 0 Å². The van der Waals surface area contributed by atoms with Gasteiger partial charge in [0.25, 0.3) is 0 Å². The van der Waals surface area contributed by atoms with Crippen LogP contribution in [-0.2, 0) is 0 Å². The third-order valence-electron chi connectivity index (χ3n) is 2.85. The van der Waals surface area contributed by atoms with Crippen molar-refractivity contribution in [3.8, 4) is 11.3 Å². The van der Waals surface area contributed by atoms with Crippen molar-refractivity contribution in [2.24, 2.45) is 0 Å². The van der Waals surface area contributed by atoms with Gasteiger partial charge in [-0.3, -0.25) is 15.1 Å². The molecule has 104 valence electrons. The molecule has 0 aliphatic rings. The van der Waals surface area contributed by atoms with Crippen LogP contribution < -0.4 is 5.32 Å². The Labute approximate surface area is 116 Å². The van der Waals surface area contributed by atoms with Crippen molar-refractivity contribution in [1.82, 2.24) is 15.0 Å². The van der Waals surface area contributed by atoms with Gasteiger partial charge in [0, 0.05) is 24.5 Å². The van der Waals surface area contributed by atoms with E-state index >= 15 is 0 Å². The topological polar surface area (TPSA) is 93.8 Å². The van der Waals surface area contributed by atoms with Gasteiger partial charge in [0.1, 0.15) is 5.69 Å². The number of nitrogens with zero attached hydrogens (tertiary/aromatic N) is 4. The van der Waals surface area contributed by atoms with Gasteiger partial charge in [-0.1, -0.05) is 0 Å². The highest BCUT2D eigenvalue weighted by atomic mass is 16.6. The molecule has 0 aromatic carbocycles. The summed E-state index contributed by atoms with van der Waals surface area (Å²) in [6.45, 7) is 6.01. The molecule has 0 unspecified atom stereocenters. The van der Waals surface area contributed by atoms with Gasteiger partial charge in [-0.15, -0.1) is 0 Å². The van der Waals surface area contributed by atoms with Gasteiger partial charge >= 0.3 is 5.69 Å². The summed E-state index contributed by atoms with van der Waals surface area (Å²) in [7, 11) is 0. The smallest absolute Gasteiger partial charge is 0.316 e. The van der Waals surface area contributed by atoms with Crippen LogP contribution in [0.15, 0.2) is 18.5 Å². The van der Waals surface area contributed by atoms with E-state index in [9.17, 15) is 10.1 Å². The Morgan fingerprint density at radius 3 is 2.70 bits per heavy atom. The quantitative estimate of drug-likeness (QED) is 0.679. The SMILES string of the molecule is CCNc1nc(C)c([N+](=O)[O-])c(-c2ccncc2C)n1. The molecular formula is C13H15N5O2. The van der Waals surface area contributed by atoms with Crippen molar-refractivity contribution in [1.29, 1.82) is 0 Å². The van der Waals surface area contributed by atoms with Crippen LogP contribution in [0.4, 0.5) is 11.6 Å². The van der Waals surface area contributed by atoms with E-state index < -0.39 is 4.92 Å². The minimum atomic E-state index is -0.444. The van der Waals surface area contributed by atoms with Crippen LogP contribution in [0.5, 0.6) is 0 Å². The molecule has 2 rings (SSSR count). The predicted molar refractivity (Wildman–Crippen MR) is 75.6 cm³/mol. The van der Waals surface area contributed by atoms with Crippen LogP contribution in [0.25, 0.3) is 11.3 Å². The molecule has 7 nitrogen and oxygen atoms in total. The Morgan fingerprint density at radius 2 is 2.10 bits per heavy atom. The highest BCUT2D eigenvalue weighted by molar-refractivity contribution is 5.73. The van der Waals surface area contributed by atoms with Crippen LogP contribution in [0.2, 0.25) is 0 Å². The lowest BCUT2D eigenvalue weighted by Crippen LogP contribution is -2.08. The van der Waals surface area contributed by atoms with E-state index in [-0.39, 0.29) is 5.69 Å². The lowest BCUT2D eigenvalue weighted by Gasteiger charge is -2.09. The average molecular weight is 273 g/mol. The minimum absolute atomic E-state index is 0.0686. The van der Waals surface area contributed by atoms with Gasteiger partial charge in [0.2, 0.25) is 5.95 Å². The van der Waals surface area contributed by atoms with Crippen molar-refractivity contribution in [3.63, 3.8) is 0 Å². The number of hydrogen-bond acceptors (Lipinski definition) is 6. The Balaban J connectivity index is 2.71. The number of rotatable bonds is 4. The fourth-order valence-electron chi connectivity index (χ4n) is 1.95. The zero-order valence-electron chi connectivity index (χ0n) is 11.5. The molecule has 0 radical (unpaired) electrons. The zero-order valence-corrected chi connectivity index (χ0v) is 11.5. The Kier molecular flexibility index (Phi) is 3.88. The van der Waals surface area contributed by atoms with Gasteiger partial charge in [0.05, 0.1) is 4.92 Å². The van der Waals surface area contributed by atoms with Gasteiger partial charge in [-0.05, 0) is 32.4 Å². The number of nitro groups is 1. The monoisotopic (exact) mass is 273 g/mol. The first-order chi connectivity index (χ1) is 9.54. The van der Waals surface area contributed by atoms with Gasteiger partial charge in [0.15, 0.2) is 5.69 Å². The summed E-state index contributed by atoms with van der Waals surface area (Å²) in [6.07, 6.45) is 3.25. The van der Waals surface area contributed by atoms with Crippen LogP contribution in [0, 0.1) is 24.0 Å². The van der Waals surface area contributed by atoms with Crippen molar-refractivity contribution in [2.75, 3.05) is 11.9 Å². The molecule has 7 heteroatoms. The second kappa shape index (κ2) is 5.60. The van der Waals surface area contributed by atoms with Crippen LogP contribution in [0.1, 0.15) is 18.2 Å². The molecule has 0 amide bonds. The third kappa shape index (κ3) is 2.56. The molecule has 0 saturated carbocycles. The van der Waals surface area contributed by atoms with Crippen LogP contribution >= 0.6 is 0 Å². The first kappa shape index (κ1) is 13.9. The summed E-state index contributed by atoms with van der Waals surface area (Å²) in [5.41, 5.74) is 2.11. The standard InChI is InChI=1S/C13H15N5O2/c1-4-15-13-16-9(3)12(18(19)20)11(17-13)10-5-6-14-7-8(10)2/h5-7H,4H2,1-3H3,(H,15,16,17). The number of aromatic nitrogens is 3. The molecule has 1 N–H and O–H groups in total. The normalized spacial score (nSPS) is 10.3. The van der Waals surface area contributed by atoms with E-state index in [4.69, 9.17) is 0 Å². The Bertz CT molecular complexity index is 657. The molecule has 20 heavy (non-hydrogen) atoms. The maximum atomic E-state index is 11.3. The van der Waals surface area contributed by atoms with Crippen molar-refractivity contribution in [2.45, 2.75) is 20.8 Å². The number of hydrogen-bond donors (Lipinski definition) is 1. The van der Waals surface area contributed by atoms with E-state index in [0.717, 1.165) is 5.56 Å². The molecular weight excluding hydrogens is 258 g/mol. The van der Waals surface area contributed by atoms with E-state index in [0.29, 0.717) is 29.4 Å². The number of anilines is 1. The number of aryl methyl sites for hydroxylation is 2. The lowest BCUT2D eigenvalue weighted by molar-refractivity contribution is -0.385. The van der Waals surface area contributed by atoms with Gasteiger partial charge in [-0.25, -0.2) is 9.97 Å². The van der Waals surface area contributed by atoms with Crippen LogP contribution in [0.3, 0.4) is 0 Å². The van der Waals surface area contributed by atoms with Crippen molar-refractivity contribution in [3.05, 3.63) is 39.8 Å². The fraction of sp³-hybridized carbons (Fsp3) is 0.308.